The Morgan fingerprint density at radius 2 is 2.14 bits per heavy atom. The van der Waals surface area contributed by atoms with Gasteiger partial charge < -0.3 is 4.74 Å². The van der Waals surface area contributed by atoms with Crippen LogP contribution in [0.5, 0.6) is 0 Å². The first-order valence-electron chi connectivity index (χ1n) is 7.14. The van der Waals surface area contributed by atoms with Gasteiger partial charge in [-0.15, -0.1) is 0 Å². The molecule has 0 bridgehead atoms. The molecule has 0 radical (unpaired) electrons. The minimum Gasteiger partial charge on any atom is -0.464 e. The number of aryl methyl sites for hydroxylation is 1. The number of aromatic nitrogens is 1. The van der Waals surface area contributed by atoms with Crippen molar-refractivity contribution in [3.63, 3.8) is 0 Å². The number of rotatable bonds is 4. The Labute approximate surface area is 129 Å². The molecule has 1 saturated heterocycles. The third kappa shape index (κ3) is 4.14. The number of hydrogen-bond acceptors (Lipinski definition) is 4. The van der Waals surface area contributed by atoms with Gasteiger partial charge in [0.05, 0.1) is 6.61 Å². The fourth-order valence-corrected chi connectivity index (χ4v) is 2.85. The van der Waals surface area contributed by atoms with Gasteiger partial charge in [-0.1, -0.05) is 11.6 Å². The predicted molar refractivity (Wildman–Crippen MR) is 79.0 cm³/mol. The first kappa shape index (κ1) is 16.2. The van der Waals surface area contributed by atoms with Gasteiger partial charge in [0.15, 0.2) is 0 Å². The second-order valence-corrected chi connectivity index (χ2v) is 5.79. The van der Waals surface area contributed by atoms with Crippen molar-refractivity contribution >= 4 is 17.6 Å². The third-order valence-corrected chi connectivity index (χ3v) is 3.87. The van der Waals surface area contributed by atoms with Gasteiger partial charge >= 0.3 is 5.97 Å². The average molecular weight is 315 g/mol. The van der Waals surface area contributed by atoms with Crippen LogP contribution in [0.25, 0.3) is 0 Å². The summed E-state index contributed by atoms with van der Waals surface area (Å²) in [6, 6.07) is 3.78. The van der Waals surface area contributed by atoms with Crippen molar-refractivity contribution in [2.45, 2.75) is 38.9 Å². The predicted octanol–water partition coefficient (Wildman–Crippen LogP) is 2.91. The van der Waals surface area contributed by atoms with Crippen molar-refractivity contribution < 1.29 is 13.9 Å². The molecule has 0 aromatic carbocycles. The molecule has 0 unspecified atom stereocenters. The first-order chi connectivity index (χ1) is 9.93. The maximum absolute atomic E-state index is 14.5. The van der Waals surface area contributed by atoms with Crippen molar-refractivity contribution in [2.24, 2.45) is 0 Å². The van der Waals surface area contributed by atoms with Crippen LogP contribution in [-0.2, 0) is 16.1 Å². The molecule has 2 heterocycles. The number of piperidine rings is 1. The van der Waals surface area contributed by atoms with E-state index in [0.717, 1.165) is 11.3 Å². The van der Waals surface area contributed by atoms with E-state index in [4.69, 9.17) is 16.3 Å². The smallest absolute Gasteiger partial charge is 0.343 e. The summed E-state index contributed by atoms with van der Waals surface area (Å²) in [6.07, 6.45) is 0.341. The minimum atomic E-state index is -1.84. The van der Waals surface area contributed by atoms with E-state index in [1.165, 1.54) is 0 Å². The van der Waals surface area contributed by atoms with Crippen LogP contribution in [0.1, 0.15) is 31.0 Å². The summed E-state index contributed by atoms with van der Waals surface area (Å²) in [6.45, 7) is 5.51. The van der Waals surface area contributed by atoms with Crippen LogP contribution in [-0.4, -0.2) is 41.2 Å². The summed E-state index contributed by atoms with van der Waals surface area (Å²) < 4.78 is 19.3. The number of pyridine rings is 1. The van der Waals surface area contributed by atoms with Crippen LogP contribution in [0.2, 0.25) is 5.15 Å². The maximum Gasteiger partial charge on any atom is 0.343 e. The molecule has 1 aliphatic heterocycles. The van der Waals surface area contributed by atoms with E-state index < -0.39 is 11.6 Å². The fourth-order valence-electron chi connectivity index (χ4n) is 2.58. The lowest BCUT2D eigenvalue weighted by Crippen LogP contribution is -2.46. The Morgan fingerprint density at radius 3 is 2.71 bits per heavy atom. The molecule has 4 nitrogen and oxygen atoms in total. The average Bonchev–Trinajstić information content (AvgIpc) is 2.41. The molecule has 1 aromatic rings. The molecule has 6 heteroatoms. The molecule has 1 aromatic heterocycles. The van der Waals surface area contributed by atoms with Crippen LogP contribution in [0, 0.1) is 6.92 Å². The van der Waals surface area contributed by atoms with Crippen LogP contribution in [0.15, 0.2) is 12.1 Å². The highest BCUT2D eigenvalue weighted by Crippen LogP contribution is 2.29. The van der Waals surface area contributed by atoms with E-state index in [0.29, 0.717) is 24.8 Å². The van der Waals surface area contributed by atoms with Gasteiger partial charge in [-0.05, 0) is 31.5 Å². The summed E-state index contributed by atoms with van der Waals surface area (Å²) in [5.74, 6) is -0.729. The molecule has 0 spiro atoms. The molecule has 0 saturated carbocycles. The zero-order valence-corrected chi connectivity index (χ0v) is 13.1. The van der Waals surface area contributed by atoms with Gasteiger partial charge in [0.1, 0.15) is 5.15 Å². The SMILES string of the molecule is CCOC(=O)C1(F)CCN(Cc2cc(C)nc(Cl)c2)CC1. The molecule has 2 rings (SSSR count). The Hall–Kier alpha value is -1.20. The Bertz CT molecular complexity index is 496. The summed E-state index contributed by atoms with van der Waals surface area (Å²) in [4.78, 5) is 17.9. The summed E-state index contributed by atoms with van der Waals surface area (Å²) in [5.41, 5.74) is 0.0778. The molecule has 0 aliphatic carbocycles. The van der Waals surface area contributed by atoms with Gasteiger partial charge in [0, 0.05) is 38.2 Å². The number of carbonyl (C=O) groups excluding carboxylic acids is 1. The highest BCUT2D eigenvalue weighted by molar-refractivity contribution is 6.29. The molecule has 0 N–H and O–H groups in total. The van der Waals surface area contributed by atoms with Crippen LogP contribution < -0.4 is 0 Å². The number of likely N-dealkylation sites (tertiary alicyclic amines) is 1. The zero-order chi connectivity index (χ0) is 15.5. The Kier molecular flexibility index (Phi) is 5.17. The number of halogens is 2. The maximum atomic E-state index is 14.5. The zero-order valence-electron chi connectivity index (χ0n) is 12.4. The summed E-state index contributed by atoms with van der Waals surface area (Å²) >= 11 is 5.94. The number of esters is 1. The molecular formula is C15H20ClFN2O2. The second-order valence-electron chi connectivity index (χ2n) is 5.40. The first-order valence-corrected chi connectivity index (χ1v) is 7.52. The van der Waals surface area contributed by atoms with E-state index in [9.17, 15) is 9.18 Å². The third-order valence-electron chi connectivity index (χ3n) is 3.68. The van der Waals surface area contributed by atoms with Crippen LogP contribution in [0.4, 0.5) is 4.39 Å². The molecule has 0 atom stereocenters. The van der Waals surface area contributed by atoms with Gasteiger partial charge in [-0.3, -0.25) is 4.90 Å². The van der Waals surface area contributed by atoms with Crippen LogP contribution in [0.3, 0.4) is 0 Å². The van der Waals surface area contributed by atoms with Crippen molar-refractivity contribution in [1.29, 1.82) is 0 Å². The molecule has 21 heavy (non-hydrogen) atoms. The summed E-state index contributed by atoms with van der Waals surface area (Å²) in [5, 5.41) is 0.466. The molecular weight excluding hydrogens is 295 g/mol. The second kappa shape index (κ2) is 6.71. The number of nitrogens with zero attached hydrogens (tertiary/aromatic N) is 2. The van der Waals surface area contributed by atoms with E-state index >= 15 is 0 Å². The highest BCUT2D eigenvalue weighted by atomic mass is 35.5. The topological polar surface area (TPSA) is 42.4 Å². The van der Waals surface area contributed by atoms with Gasteiger partial charge in [0.2, 0.25) is 5.67 Å². The Balaban J connectivity index is 1.93. The fraction of sp³-hybridized carbons (Fsp3) is 0.600. The van der Waals surface area contributed by atoms with Gasteiger partial charge in [0.25, 0.3) is 0 Å². The molecule has 0 amide bonds. The van der Waals surface area contributed by atoms with Crippen molar-refractivity contribution in [2.75, 3.05) is 19.7 Å². The summed E-state index contributed by atoms with van der Waals surface area (Å²) in [7, 11) is 0. The quantitative estimate of drug-likeness (QED) is 0.633. The Morgan fingerprint density at radius 1 is 1.48 bits per heavy atom. The van der Waals surface area contributed by atoms with Crippen molar-refractivity contribution in [3.05, 3.63) is 28.5 Å². The normalized spacial score (nSPS) is 18.5. The number of hydrogen-bond donors (Lipinski definition) is 0. The van der Waals surface area contributed by atoms with E-state index in [2.05, 4.69) is 9.88 Å². The number of carbonyl (C=O) groups is 1. The highest BCUT2D eigenvalue weighted by Gasteiger charge is 2.42. The molecule has 116 valence electrons. The molecule has 1 aliphatic rings. The lowest BCUT2D eigenvalue weighted by molar-refractivity contribution is -0.160. The van der Waals surface area contributed by atoms with E-state index in [1.807, 2.05) is 19.1 Å². The van der Waals surface area contributed by atoms with Gasteiger partial charge in [-0.2, -0.15) is 0 Å². The van der Waals surface area contributed by atoms with Crippen LogP contribution >= 0.6 is 11.6 Å². The van der Waals surface area contributed by atoms with Gasteiger partial charge in [-0.25, -0.2) is 14.2 Å². The van der Waals surface area contributed by atoms with E-state index in [1.54, 1.807) is 6.92 Å². The standard InChI is InChI=1S/C15H20ClFN2O2/c1-3-21-14(20)15(17)4-6-19(7-5-15)10-12-8-11(2)18-13(16)9-12/h8-9H,3-7,10H2,1-2H3. The largest absolute Gasteiger partial charge is 0.464 e. The minimum absolute atomic E-state index is 0.170. The monoisotopic (exact) mass is 314 g/mol. The van der Waals surface area contributed by atoms with Crippen molar-refractivity contribution in [1.82, 2.24) is 9.88 Å². The lowest BCUT2D eigenvalue weighted by atomic mass is 9.93. The molecule has 1 fully saturated rings. The number of ether oxygens (including phenoxy) is 1. The number of alkyl halides is 1. The van der Waals surface area contributed by atoms with E-state index in [-0.39, 0.29) is 19.4 Å². The lowest BCUT2D eigenvalue weighted by Gasteiger charge is -2.34. The van der Waals surface area contributed by atoms with Crippen molar-refractivity contribution in [3.8, 4) is 0 Å².